The van der Waals surface area contributed by atoms with Gasteiger partial charge >= 0.3 is 0 Å². The van der Waals surface area contributed by atoms with Gasteiger partial charge in [0.25, 0.3) is 0 Å². The highest BCUT2D eigenvalue weighted by Crippen LogP contribution is 2.17. The van der Waals surface area contributed by atoms with E-state index in [1.54, 1.807) is 0 Å². The van der Waals surface area contributed by atoms with Gasteiger partial charge in [0.15, 0.2) is 0 Å². The molecule has 0 saturated carbocycles. The molecule has 5 heteroatoms. The van der Waals surface area contributed by atoms with Crippen LogP contribution in [0.2, 0.25) is 0 Å². The Balaban J connectivity index is 0.000000181. The third-order valence-electron chi connectivity index (χ3n) is 2.85. The number of rotatable bonds is 1. The number of thiocarbonyl (C=S) groups is 1. The predicted octanol–water partition coefficient (Wildman–Crippen LogP) is 1.10. The molecule has 0 unspecified atom stereocenters. The van der Waals surface area contributed by atoms with Crippen molar-refractivity contribution < 1.29 is 5.32 Å². The van der Waals surface area contributed by atoms with E-state index >= 15 is 0 Å². The van der Waals surface area contributed by atoms with E-state index in [4.69, 9.17) is 18.0 Å². The molecule has 0 atom stereocenters. The minimum atomic E-state index is 0.543. The van der Waals surface area contributed by atoms with Gasteiger partial charge in [-0.15, -0.1) is 0 Å². The molecule has 2 aliphatic heterocycles. The predicted molar refractivity (Wildman–Crippen MR) is 75.3 cm³/mol. The fraction of sp³-hybridized carbons (Fsp3) is 0.909. The quantitative estimate of drug-likeness (QED) is 0.549. The zero-order valence-corrected chi connectivity index (χ0v) is 11.6. The van der Waals surface area contributed by atoms with E-state index in [-0.39, 0.29) is 0 Å². The molecule has 16 heavy (non-hydrogen) atoms. The summed E-state index contributed by atoms with van der Waals surface area (Å²) in [5, 5.41) is 2.39. The molecule has 2 heterocycles. The van der Waals surface area contributed by atoms with E-state index in [0.29, 0.717) is 4.32 Å². The van der Waals surface area contributed by atoms with Crippen LogP contribution in [0.25, 0.3) is 0 Å². The average Bonchev–Trinajstić information content (AvgIpc) is 2.32. The molecular weight excluding hydrogens is 238 g/mol. The molecule has 0 amide bonds. The number of nitrogens with two attached hydrogens (primary N) is 2. The first-order valence-corrected chi connectivity index (χ1v) is 7.51. The molecule has 0 aromatic rings. The van der Waals surface area contributed by atoms with Crippen molar-refractivity contribution in [1.82, 2.24) is 4.31 Å². The Bertz CT molecular complexity index is 178. The number of nitrogens with zero attached hydrogens (tertiary/aromatic N) is 1. The van der Waals surface area contributed by atoms with E-state index in [1.165, 1.54) is 63.6 Å². The van der Waals surface area contributed by atoms with Crippen molar-refractivity contribution >= 4 is 28.5 Å². The second-order valence-electron chi connectivity index (χ2n) is 4.33. The van der Waals surface area contributed by atoms with Crippen molar-refractivity contribution in [2.45, 2.75) is 38.5 Å². The monoisotopic (exact) mass is 262 g/mol. The fourth-order valence-electron chi connectivity index (χ4n) is 1.98. The molecule has 2 fully saturated rings. The first kappa shape index (κ1) is 14.2. The topological polar surface area (TPSA) is 45.9 Å². The molecule has 2 saturated heterocycles. The van der Waals surface area contributed by atoms with Gasteiger partial charge in [0.05, 0.1) is 13.1 Å². The zero-order chi connectivity index (χ0) is 11.6. The smallest absolute Gasteiger partial charge is 0.146 e. The third kappa shape index (κ3) is 7.44. The lowest BCUT2D eigenvalue weighted by Crippen LogP contribution is -2.85. The summed E-state index contributed by atoms with van der Waals surface area (Å²) in [7, 11) is 0. The molecule has 0 bridgehead atoms. The Morgan fingerprint density at radius 1 is 1.00 bits per heavy atom. The van der Waals surface area contributed by atoms with Crippen LogP contribution in [0.5, 0.6) is 0 Å². The second kappa shape index (κ2) is 9.22. The molecular formula is C11H24N3S2+. The fourth-order valence-corrected chi connectivity index (χ4v) is 2.99. The molecule has 2 aliphatic rings. The van der Waals surface area contributed by atoms with E-state index in [2.05, 4.69) is 9.62 Å². The second-order valence-corrected chi connectivity index (χ2v) is 6.16. The number of piperidine rings is 2. The number of hydrogen-bond donors (Lipinski definition) is 2. The molecule has 3 nitrogen and oxygen atoms in total. The van der Waals surface area contributed by atoms with Crippen LogP contribution in [0.1, 0.15) is 38.5 Å². The maximum absolute atomic E-state index is 5.38. The Hall–Kier alpha value is 0.160. The molecule has 0 aliphatic carbocycles. The van der Waals surface area contributed by atoms with Crippen molar-refractivity contribution in [3.8, 4) is 0 Å². The normalized spacial score (nSPS) is 22.0. The van der Waals surface area contributed by atoms with Crippen LogP contribution in [-0.4, -0.2) is 34.8 Å². The van der Waals surface area contributed by atoms with Gasteiger partial charge in [-0.1, -0.05) is 18.6 Å². The van der Waals surface area contributed by atoms with Crippen LogP contribution in [-0.2, 0) is 0 Å². The molecule has 4 N–H and O–H groups in total. The van der Waals surface area contributed by atoms with Gasteiger partial charge in [0, 0.05) is 13.1 Å². The van der Waals surface area contributed by atoms with Crippen molar-refractivity contribution in [3.05, 3.63) is 0 Å². The van der Waals surface area contributed by atoms with Gasteiger partial charge in [0.2, 0.25) is 0 Å². The maximum Gasteiger partial charge on any atom is 0.146 e. The number of quaternary nitrogens is 1. The van der Waals surface area contributed by atoms with Crippen molar-refractivity contribution in [2.75, 3.05) is 26.2 Å². The summed E-state index contributed by atoms with van der Waals surface area (Å²) >= 11 is 6.29. The molecule has 2 rings (SSSR count). The molecule has 0 aromatic heterocycles. The summed E-state index contributed by atoms with van der Waals surface area (Å²) in [6.07, 6.45) is 8.29. The van der Waals surface area contributed by atoms with Crippen LogP contribution in [0.4, 0.5) is 0 Å². The molecule has 94 valence electrons. The Morgan fingerprint density at radius 3 is 1.94 bits per heavy atom. The van der Waals surface area contributed by atoms with Crippen molar-refractivity contribution in [2.24, 2.45) is 5.73 Å². The lowest BCUT2D eigenvalue weighted by molar-refractivity contribution is -0.662. The molecule has 0 radical (unpaired) electrons. The highest BCUT2D eigenvalue weighted by Gasteiger charge is 2.10. The average molecular weight is 262 g/mol. The third-order valence-corrected chi connectivity index (χ3v) is 3.88. The standard InChI is InChI=1S/C6H12N2S2.C5H11N/c7-6(9)10-8-4-2-1-3-5-8;1-2-4-6-5-3-1/h1-5H2,(H2,7,9);6H,1-5H2/p+1. The van der Waals surface area contributed by atoms with Gasteiger partial charge in [-0.3, -0.25) is 0 Å². The van der Waals surface area contributed by atoms with Gasteiger partial charge in [0.1, 0.15) is 4.32 Å². The SMILES string of the molecule is C1CC[NH2+]CC1.NC(=S)SN1CCCCC1. The van der Waals surface area contributed by atoms with Gasteiger partial charge in [-0.2, -0.15) is 0 Å². The first-order chi connectivity index (χ1) is 7.79. The Morgan fingerprint density at radius 2 is 1.56 bits per heavy atom. The summed E-state index contributed by atoms with van der Waals surface area (Å²) in [5.74, 6) is 0. The van der Waals surface area contributed by atoms with Gasteiger partial charge < -0.3 is 11.1 Å². The first-order valence-electron chi connectivity index (χ1n) is 6.33. The van der Waals surface area contributed by atoms with E-state index in [9.17, 15) is 0 Å². The van der Waals surface area contributed by atoms with Crippen molar-refractivity contribution in [1.29, 1.82) is 0 Å². The van der Waals surface area contributed by atoms with Crippen LogP contribution in [0, 0.1) is 0 Å². The molecule has 0 spiro atoms. The largest absolute Gasteiger partial charge is 0.384 e. The lowest BCUT2D eigenvalue weighted by Gasteiger charge is -2.23. The summed E-state index contributed by atoms with van der Waals surface area (Å²) in [6.45, 7) is 5.03. The highest BCUT2D eigenvalue weighted by molar-refractivity contribution is 8.21. The van der Waals surface area contributed by atoms with Crippen LogP contribution < -0.4 is 11.1 Å². The highest BCUT2D eigenvalue weighted by atomic mass is 32.2. The summed E-state index contributed by atoms with van der Waals surface area (Å²) < 4.78 is 2.79. The minimum Gasteiger partial charge on any atom is -0.384 e. The van der Waals surface area contributed by atoms with Crippen molar-refractivity contribution in [3.63, 3.8) is 0 Å². The van der Waals surface area contributed by atoms with E-state index < -0.39 is 0 Å². The van der Waals surface area contributed by atoms with Crippen LogP contribution >= 0.6 is 24.2 Å². The minimum absolute atomic E-state index is 0.543. The summed E-state index contributed by atoms with van der Waals surface area (Å²) in [6, 6.07) is 0. The van der Waals surface area contributed by atoms with Crippen LogP contribution in [0.3, 0.4) is 0 Å². The Labute approximate surface area is 109 Å². The zero-order valence-electron chi connectivity index (χ0n) is 9.99. The van der Waals surface area contributed by atoms with E-state index in [0.717, 1.165) is 13.1 Å². The number of hydrogen-bond acceptors (Lipinski definition) is 3. The van der Waals surface area contributed by atoms with Gasteiger partial charge in [-0.05, 0) is 44.1 Å². The van der Waals surface area contributed by atoms with Crippen LogP contribution in [0.15, 0.2) is 0 Å². The van der Waals surface area contributed by atoms with Gasteiger partial charge in [-0.25, -0.2) is 4.31 Å². The van der Waals surface area contributed by atoms with E-state index in [1.807, 2.05) is 0 Å². The Kier molecular flexibility index (Phi) is 8.19. The summed E-state index contributed by atoms with van der Waals surface area (Å²) in [5.41, 5.74) is 5.38. The lowest BCUT2D eigenvalue weighted by atomic mass is 10.2. The maximum atomic E-state index is 5.38. The summed E-state index contributed by atoms with van der Waals surface area (Å²) in [4.78, 5) is 0. The molecule has 0 aromatic carbocycles.